The van der Waals surface area contributed by atoms with Gasteiger partial charge in [0.05, 0.1) is 12.1 Å². The minimum Gasteiger partial charge on any atom is -0.507 e. The number of amides is 2. The number of rotatable bonds is 6. The number of carbonyl (C=O) groups excluding carboxylic acids is 3. The van der Waals surface area contributed by atoms with Crippen LogP contribution in [0.4, 0.5) is 4.39 Å². The van der Waals surface area contributed by atoms with Crippen molar-refractivity contribution in [3.05, 3.63) is 101 Å². The molecule has 0 saturated carbocycles. The standard InChI is InChI=1S/C29H26FN5O4.ClH/c30-25-24(23(36)15-20-3-1-12-33-26(20)25)27(37)17-5-7-18(8-6-17)28(38)34-21-4-2-11-32-16-22(21)35-29(39)19-9-13-31-14-10-19;/h1,3,5-10,12-15,21-22,32,36H,2,4,11,16H2,(H,34,38)(H,35,39);1H/t21-,22-;/m1./s1. The number of nitrogens with zero attached hydrogens (tertiary/aromatic N) is 2. The number of hydrogen-bond acceptors (Lipinski definition) is 7. The predicted molar refractivity (Wildman–Crippen MR) is 149 cm³/mol. The van der Waals surface area contributed by atoms with Gasteiger partial charge in [0.15, 0.2) is 11.6 Å². The molecule has 1 saturated heterocycles. The summed E-state index contributed by atoms with van der Waals surface area (Å²) in [5, 5.41) is 20.0. The predicted octanol–water partition coefficient (Wildman–Crippen LogP) is 3.41. The lowest BCUT2D eigenvalue weighted by atomic mass is 9.98. The zero-order valence-electron chi connectivity index (χ0n) is 21.3. The zero-order chi connectivity index (χ0) is 27.4. The van der Waals surface area contributed by atoms with E-state index in [0.717, 1.165) is 13.0 Å². The second-order valence-corrected chi connectivity index (χ2v) is 9.31. The third kappa shape index (κ3) is 6.08. The molecule has 2 aromatic heterocycles. The first kappa shape index (κ1) is 28.6. The summed E-state index contributed by atoms with van der Waals surface area (Å²) < 4.78 is 15.1. The van der Waals surface area contributed by atoms with Crippen molar-refractivity contribution in [1.82, 2.24) is 25.9 Å². The van der Waals surface area contributed by atoms with Crippen molar-refractivity contribution in [3.8, 4) is 5.75 Å². The van der Waals surface area contributed by atoms with E-state index in [4.69, 9.17) is 0 Å². The van der Waals surface area contributed by atoms with Gasteiger partial charge >= 0.3 is 0 Å². The Morgan fingerprint density at radius 2 is 1.55 bits per heavy atom. The first-order chi connectivity index (χ1) is 18.9. The number of fused-ring (bicyclic) bond motifs is 1. The minimum atomic E-state index is -0.903. The van der Waals surface area contributed by atoms with E-state index in [1.165, 1.54) is 36.5 Å². The molecule has 206 valence electrons. The minimum absolute atomic E-state index is 0. The summed E-state index contributed by atoms with van der Waals surface area (Å²) in [6.45, 7) is 1.25. The molecule has 4 aromatic rings. The molecule has 4 N–H and O–H groups in total. The summed E-state index contributed by atoms with van der Waals surface area (Å²) in [6, 6.07) is 12.8. The molecule has 1 aliphatic rings. The molecule has 0 unspecified atom stereocenters. The van der Waals surface area contributed by atoms with Gasteiger partial charge in [-0.25, -0.2) is 4.39 Å². The molecule has 0 bridgehead atoms. The number of phenols is 1. The number of carbonyl (C=O) groups is 3. The van der Waals surface area contributed by atoms with E-state index < -0.39 is 22.9 Å². The van der Waals surface area contributed by atoms with Crippen molar-refractivity contribution in [2.45, 2.75) is 24.9 Å². The van der Waals surface area contributed by atoms with Crippen LogP contribution >= 0.6 is 12.4 Å². The summed E-state index contributed by atoms with van der Waals surface area (Å²) in [4.78, 5) is 46.7. The molecule has 2 atom stereocenters. The van der Waals surface area contributed by atoms with Crippen LogP contribution in [0, 0.1) is 5.82 Å². The number of aromatic hydroxyl groups is 1. The molecule has 11 heteroatoms. The molecule has 0 aliphatic carbocycles. The van der Waals surface area contributed by atoms with E-state index in [-0.39, 0.29) is 47.4 Å². The van der Waals surface area contributed by atoms with Gasteiger partial charge in [0.25, 0.3) is 11.8 Å². The van der Waals surface area contributed by atoms with Crippen LogP contribution < -0.4 is 16.0 Å². The molecule has 2 amide bonds. The Morgan fingerprint density at radius 3 is 2.27 bits per heavy atom. The van der Waals surface area contributed by atoms with Crippen LogP contribution in [0.25, 0.3) is 10.9 Å². The molecule has 1 aliphatic heterocycles. The third-order valence-corrected chi connectivity index (χ3v) is 6.75. The molecule has 0 radical (unpaired) electrons. The van der Waals surface area contributed by atoms with Gasteiger partial charge in [-0.1, -0.05) is 18.2 Å². The lowest BCUT2D eigenvalue weighted by Gasteiger charge is -2.27. The van der Waals surface area contributed by atoms with E-state index in [1.54, 1.807) is 36.7 Å². The smallest absolute Gasteiger partial charge is 0.251 e. The molecule has 9 nitrogen and oxygen atoms in total. The van der Waals surface area contributed by atoms with Gasteiger partial charge < -0.3 is 21.1 Å². The number of benzene rings is 2. The summed E-state index contributed by atoms with van der Waals surface area (Å²) in [6.07, 6.45) is 5.96. The van der Waals surface area contributed by atoms with Gasteiger partial charge in [0, 0.05) is 47.2 Å². The highest BCUT2D eigenvalue weighted by Crippen LogP contribution is 2.30. The average Bonchev–Trinajstić information content (AvgIpc) is 3.18. The normalized spacial score (nSPS) is 16.8. The monoisotopic (exact) mass is 563 g/mol. The highest BCUT2D eigenvalue weighted by Gasteiger charge is 2.28. The van der Waals surface area contributed by atoms with Gasteiger partial charge in [-0.05, 0) is 55.8 Å². The fourth-order valence-corrected chi connectivity index (χ4v) is 4.68. The lowest BCUT2D eigenvalue weighted by Crippen LogP contribution is -2.54. The van der Waals surface area contributed by atoms with Crippen LogP contribution in [0.1, 0.15) is 49.5 Å². The van der Waals surface area contributed by atoms with Gasteiger partial charge in [0.1, 0.15) is 16.8 Å². The Balaban J connectivity index is 0.00000370. The van der Waals surface area contributed by atoms with E-state index >= 15 is 4.39 Å². The van der Waals surface area contributed by atoms with E-state index in [9.17, 15) is 19.5 Å². The van der Waals surface area contributed by atoms with Crippen LogP contribution in [-0.4, -0.2) is 57.8 Å². The van der Waals surface area contributed by atoms with Gasteiger partial charge in [-0.3, -0.25) is 24.4 Å². The van der Waals surface area contributed by atoms with Crippen molar-refractivity contribution < 1.29 is 23.9 Å². The second kappa shape index (κ2) is 12.6. The maximum atomic E-state index is 15.1. The average molecular weight is 564 g/mol. The van der Waals surface area contributed by atoms with E-state index in [2.05, 4.69) is 25.9 Å². The molecule has 1 fully saturated rings. The number of nitrogens with one attached hydrogen (secondary N) is 3. The molecular weight excluding hydrogens is 537 g/mol. The van der Waals surface area contributed by atoms with E-state index in [1.807, 2.05) is 0 Å². The topological polar surface area (TPSA) is 133 Å². The van der Waals surface area contributed by atoms with Crippen molar-refractivity contribution in [1.29, 1.82) is 0 Å². The highest BCUT2D eigenvalue weighted by atomic mass is 35.5. The lowest BCUT2D eigenvalue weighted by molar-refractivity contribution is 0.0882. The maximum absolute atomic E-state index is 15.1. The summed E-state index contributed by atoms with van der Waals surface area (Å²) in [5.41, 5.74) is 0.393. The van der Waals surface area contributed by atoms with Crippen LogP contribution in [0.2, 0.25) is 0 Å². The van der Waals surface area contributed by atoms with Crippen molar-refractivity contribution in [2.75, 3.05) is 13.1 Å². The molecule has 2 aromatic carbocycles. The number of hydrogen-bond donors (Lipinski definition) is 4. The van der Waals surface area contributed by atoms with Gasteiger partial charge in [-0.2, -0.15) is 0 Å². The number of phenolic OH excluding ortho intramolecular Hbond substituents is 1. The second-order valence-electron chi connectivity index (χ2n) is 9.31. The van der Waals surface area contributed by atoms with Gasteiger partial charge in [-0.15, -0.1) is 12.4 Å². The number of aromatic nitrogens is 2. The number of pyridine rings is 2. The zero-order valence-corrected chi connectivity index (χ0v) is 22.1. The van der Waals surface area contributed by atoms with Crippen LogP contribution in [-0.2, 0) is 0 Å². The summed E-state index contributed by atoms with van der Waals surface area (Å²) in [5.74, 6) is -2.74. The fraction of sp³-hybridized carbons (Fsp3) is 0.207. The number of halogens is 2. The third-order valence-electron chi connectivity index (χ3n) is 6.75. The Labute approximate surface area is 235 Å². The van der Waals surface area contributed by atoms with Crippen LogP contribution in [0.3, 0.4) is 0 Å². The van der Waals surface area contributed by atoms with Crippen LogP contribution in [0.5, 0.6) is 5.75 Å². The quantitative estimate of drug-likeness (QED) is 0.264. The number of ketones is 1. The first-order valence-electron chi connectivity index (χ1n) is 12.6. The first-order valence-corrected chi connectivity index (χ1v) is 12.6. The largest absolute Gasteiger partial charge is 0.507 e. The molecule has 3 heterocycles. The SMILES string of the molecule is Cl.O=C(N[C@@H]1CCCNC[C@H]1NC(=O)c1ccncc1)c1ccc(C(=O)c2c(O)cc3cccnc3c2F)cc1. The molecule has 40 heavy (non-hydrogen) atoms. The van der Waals surface area contributed by atoms with Gasteiger partial charge in [0.2, 0.25) is 0 Å². The molecular formula is C29H27ClFN5O4. The van der Waals surface area contributed by atoms with Crippen molar-refractivity contribution >= 4 is 40.9 Å². The molecule has 0 spiro atoms. The Bertz CT molecular complexity index is 1540. The highest BCUT2D eigenvalue weighted by molar-refractivity contribution is 6.13. The summed E-state index contributed by atoms with van der Waals surface area (Å²) in [7, 11) is 0. The maximum Gasteiger partial charge on any atom is 0.251 e. The Morgan fingerprint density at radius 1 is 0.900 bits per heavy atom. The van der Waals surface area contributed by atoms with Crippen LogP contribution in [0.15, 0.2) is 73.2 Å². The van der Waals surface area contributed by atoms with Crippen molar-refractivity contribution in [2.24, 2.45) is 0 Å². The molecule has 5 rings (SSSR count). The van der Waals surface area contributed by atoms with E-state index in [0.29, 0.717) is 29.5 Å². The summed E-state index contributed by atoms with van der Waals surface area (Å²) >= 11 is 0. The van der Waals surface area contributed by atoms with Crippen molar-refractivity contribution in [3.63, 3.8) is 0 Å². The fourth-order valence-electron chi connectivity index (χ4n) is 4.68. The Hall–Kier alpha value is -4.41. The Kier molecular flexibility index (Phi) is 9.03.